The van der Waals surface area contributed by atoms with Gasteiger partial charge in [-0.3, -0.25) is 0 Å². The van der Waals surface area contributed by atoms with Gasteiger partial charge in [-0.05, 0) is 25.1 Å². The van der Waals surface area contributed by atoms with Gasteiger partial charge in [-0.1, -0.05) is 23.2 Å². The molecule has 0 aliphatic heterocycles. The van der Waals surface area contributed by atoms with Crippen molar-refractivity contribution in [3.8, 4) is 17.5 Å². The minimum atomic E-state index is 0.347. The van der Waals surface area contributed by atoms with Gasteiger partial charge in [-0.25, -0.2) is 0 Å². The van der Waals surface area contributed by atoms with Crippen molar-refractivity contribution in [1.82, 2.24) is 4.98 Å². The van der Waals surface area contributed by atoms with Crippen LogP contribution in [0.4, 0.5) is 5.69 Å². The van der Waals surface area contributed by atoms with Crippen LogP contribution in [0.3, 0.4) is 0 Å². The standard InChI is InChI=1S/C13H12Cl2N2O2/c1-2-18-13-11(16)5-6-12(17-13)19-8-3-4-9(14)10(15)7-8/h3-7H,2,16H2,1H3. The Morgan fingerprint density at radius 1 is 1.16 bits per heavy atom. The van der Waals surface area contributed by atoms with Gasteiger partial charge in [0.1, 0.15) is 5.75 Å². The third-order valence-corrected chi connectivity index (χ3v) is 3.00. The average Bonchev–Trinajstić information content (AvgIpc) is 2.38. The number of anilines is 1. The van der Waals surface area contributed by atoms with Crippen molar-refractivity contribution in [2.75, 3.05) is 12.3 Å². The van der Waals surface area contributed by atoms with Crippen molar-refractivity contribution in [1.29, 1.82) is 0 Å². The summed E-state index contributed by atoms with van der Waals surface area (Å²) in [6.45, 7) is 2.33. The number of halogens is 2. The van der Waals surface area contributed by atoms with Crippen LogP contribution in [-0.2, 0) is 0 Å². The van der Waals surface area contributed by atoms with Crippen molar-refractivity contribution in [3.05, 3.63) is 40.4 Å². The number of benzene rings is 1. The molecule has 1 aromatic heterocycles. The molecule has 4 nitrogen and oxygen atoms in total. The van der Waals surface area contributed by atoms with E-state index in [2.05, 4.69) is 4.98 Å². The van der Waals surface area contributed by atoms with Crippen LogP contribution in [0.5, 0.6) is 17.5 Å². The van der Waals surface area contributed by atoms with E-state index in [1.165, 1.54) is 0 Å². The van der Waals surface area contributed by atoms with E-state index in [-0.39, 0.29) is 0 Å². The molecule has 0 amide bonds. The highest BCUT2D eigenvalue weighted by Gasteiger charge is 2.07. The molecular formula is C13H12Cl2N2O2. The lowest BCUT2D eigenvalue weighted by Crippen LogP contribution is -2.00. The van der Waals surface area contributed by atoms with Gasteiger partial charge in [0.25, 0.3) is 0 Å². The summed E-state index contributed by atoms with van der Waals surface area (Å²) in [5.74, 6) is 1.25. The first-order valence-corrected chi connectivity index (χ1v) is 6.38. The molecule has 0 spiro atoms. The lowest BCUT2D eigenvalue weighted by molar-refractivity contribution is 0.323. The van der Waals surface area contributed by atoms with E-state index in [1.807, 2.05) is 6.92 Å². The van der Waals surface area contributed by atoms with Crippen LogP contribution in [0.15, 0.2) is 30.3 Å². The summed E-state index contributed by atoms with van der Waals surface area (Å²) in [5, 5.41) is 0.883. The summed E-state index contributed by atoms with van der Waals surface area (Å²) >= 11 is 11.7. The SMILES string of the molecule is CCOc1nc(Oc2ccc(Cl)c(Cl)c2)ccc1N. The van der Waals surface area contributed by atoms with E-state index in [9.17, 15) is 0 Å². The van der Waals surface area contributed by atoms with Crippen LogP contribution in [0, 0.1) is 0 Å². The number of pyridine rings is 1. The summed E-state index contributed by atoms with van der Waals surface area (Å²) in [6.07, 6.45) is 0. The second-order valence-corrected chi connectivity index (χ2v) is 4.47. The van der Waals surface area contributed by atoms with Crippen LogP contribution in [0.1, 0.15) is 6.92 Å². The average molecular weight is 299 g/mol. The van der Waals surface area contributed by atoms with Gasteiger partial charge >= 0.3 is 0 Å². The molecule has 0 radical (unpaired) electrons. The molecule has 0 saturated heterocycles. The van der Waals surface area contributed by atoms with Gasteiger partial charge in [-0.15, -0.1) is 0 Å². The smallest absolute Gasteiger partial charge is 0.240 e. The quantitative estimate of drug-likeness (QED) is 0.921. The highest BCUT2D eigenvalue weighted by molar-refractivity contribution is 6.42. The summed E-state index contributed by atoms with van der Waals surface area (Å²) < 4.78 is 10.9. The van der Waals surface area contributed by atoms with E-state index in [0.29, 0.717) is 39.8 Å². The Labute approximate surface area is 121 Å². The summed E-state index contributed by atoms with van der Waals surface area (Å²) in [7, 11) is 0. The van der Waals surface area contributed by atoms with Gasteiger partial charge in [0.2, 0.25) is 11.8 Å². The van der Waals surface area contributed by atoms with Gasteiger partial charge in [0, 0.05) is 12.1 Å². The first-order chi connectivity index (χ1) is 9.10. The molecule has 1 heterocycles. The molecule has 0 saturated carbocycles. The third-order valence-electron chi connectivity index (χ3n) is 2.26. The zero-order valence-corrected chi connectivity index (χ0v) is 11.7. The Kier molecular flexibility index (Phi) is 4.35. The lowest BCUT2D eigenvalue weighted by atomic mass is 10.3. The molecule has 2 N–H and O–H groups in total. The van der Waals surface area contributed by atoms with Gasteiger partial charge in [0.15, 0.2) is 0 Å². The molecule has 0 atom stereocenters. The zero-order chi connectivity index (χ0) is 13.8. The number of hydrogen-bond donors (Lipinski definition) is 1. The van der Waals surface area contributed by atoms with E-state index in [1.54, 1.807) is 30.3 Å². The molecule has 2 rings (SSSR count). The number of ether oxygens (including phenoxy) is 2. The second kappa shape index (κ2) is 5.99. The summed E-state index contributed by atoms with van der Waals surface area (Å²) in [5.41, 5.74) is 6.19. The molecule has 6 heteroatoms. The molecule has 0 bridgehead atoms. The maximum Gasteiger partial charge on any atom is 0.240 e. The molecule has 0 aliphatic rings. The molecule has 0 fully saturated rings. The van der Waals surface area contributed by atoms with E-state index >= 15 is 0 Å². The molecule has 19 heavy (non-hydrogen) atoms. The fourth-order valence-electron chi connectivity index (χ4n) is 1.40. The molecule has 100 valence electrons. The van der Waals surface area contributed by atoms with Crippen molar-refractivity contribution >= 4 is 28.9 Å². The predicted molar refractivity (Wildman–Crippen MR) is 76.4 cm³/mol. The largest absolute Gasteiger partial charge is 0.476 e. The Bertz CT molecular complexity index is 591. The number of nitrogens with zero attached hydrogens (tertiary/aromatic N) is 1. The van der Waals surface area contributed by atoms with Gasteiger partial charge < -0.3 is 15.2 Å². The Balaban J connectivity index is 2.22. The molecular weight excluding hydrogens is 287 g/mol. The van der Waals surface area contributed by atoms with Crippen molar-refractivity contribution in [2.24, 2.45) is 0 Å². The van der Waals surface area contributed by atoms with E-state index in [0.717, 1.165) is 0 Å². The van der Waals surface area contributed by atoms with Crippen LogP contribution in [-0.4, -0.2) is 11.6 Å². The van der Waals surface area contributed by atoms with Crippen LogP contribution < -0.4 is 15.2 Å². The highest BCUT2D eigenvalue weighted by Crippen LogP contribution is 2.30. The maximum absolute atomic E-state index is 5.91. The maximum atomic E-state index is 5.91. The van der Waals surface area contributed by atoms with Crippen molar-refractivity contribution in [2.45, 2.75) is 6.92 Å². The topological polar surface area (TPSA) is 57.4 Å². The molecule has 1 aromatic carbocycles. The molecule has 0 unspecified atom stereocenters. The number of nitrogen functional groups attached to an aromatic ring is 1. The van der Waals surface area contributed by atoms with Gasteiger partial charge in [0.05, 0.1) is 22.3 Å². The monoisotopic (exact) mass is 298 g/mol. The number of hydrogen-bond acceptors (Lipinski definition) is 4. The number of rotatable bonds is 4. The molecule has 2 aromatic rings. The van der Waals surface area contributed by atoms with E-state index in [4.69, 9.17) is 38.4 Å². The van der Waals surface area contributed by atoms with Crippen LogP contribution in [0.25, 0.3) is 0 Å². The second-order valence-electron chi connectivity index (χ2n) is 3.65. The minimum absolute atomic E-state index is 0.347. The predicted octanol–water partition coefficient (Wildman–Crippen LogP) is 4.16. The fourth-order valence-corrected chi connectivity index (χ4v) is 1.69. The van der Waals surface area contributed by atoms with E-state index < -0.39 is 0 Å². The Morgan fingerprint density at radius 3 is 2.63 bits per heavy atom. The summed E-state index contributed by atoms with van der Waals surface area (Å²) in [4.78, 5) is 4.16. The summed E-state index contributed by atoms with van der Waals surface area (Å²) in [6, 6.07) is 8.29. The Hall–Kier alpha value is -1.65. The fraction of sp³-hybridized carbons (Fsp3) is 0.154. The minimum Gasteiger partial charge on any atom is -0.476 e. The highest BCUT2D eigenvalue weighted by atomic mass is 35.5. The number of nitrogens with two attached hydrogens (primary N) is 1. The van der Waals surface area contributed by atoms with Gasteiger partial charge in [-0.2, -0.15) is 4.98 Å². The first-order valence-electron chi connectivity index (χ1n) is 5.62. The lowest BCUT2D eigenvalue weighted by Gasteiger charge is -2.09. The third kappa shape index (κ3) is 3.43. The Morgan fingerprint density at radius 2 is 1.95 bits per heavy atom. The van der Waals surface area contributed by atoms with Crippen LogP contribution in [0.2, 0.25) is 10.0 Å². The first kappa shape index (κ1) is 13.8. The number of aromatic nitrogens is 1. The van der Waals surface area contributed by atoms with Crippen molar-refractivity contribution in [3.63, 3.8) is 0 Å². The normalized spacial score (nSPS) is 10.3. The molecule has 0 aliphatic carbocycles. The van der Waals surface area contributed by atoms with Crippen molar-refractivity contribution < 1.29 is 9.47 Å². The zero-order valence-electron chi connectivity index (χ0n) is 10.2. The van der Waals surface area contributed by atoms with Crippen LogP contribution >= 0.6 is 23.2 Å².